The van der Waals surface area contributed by atoms with Crippen LogP contribution in [0, 0.1) is 0 Å². The normalized spacial score (nSPS) is 15.2. The van der Waals surface area contributed by atoms with E-state index in [1.165, 1.54) is 37.0 Å². The number of anilines is 1. The Kier molecular flexibility index (Phi) is 4.93. The number of hydrogen-bond donors (Lipinski definition) is 1. The molecule has 0 atom stereocenters. The van der Waals surface area contributed by atoms with Gasteiger partial charge in [0, 0.05) is 16.2 Å². The monoisotopic (exact) mass is 318 g/mol. The molecule has 0 bridgehead atoms. The summed E-state index contributed by atoms with van der Waals surface area (Å²) < 4.78 is 0. The summed E-state index contributed by atoms with van der Waals surface area (Å²) in [4.78, 5) is 16.4. The van der Waals surface area contributed by atoms with Gasteiger partial charge in [-0.1, -0.05) is 43.2 Å². The summed E-state index contributed by atoms with van der Waals surface area (Å²) in [5.41, 5.74) is 1.99. The molecule has 5 heteroatoms. The van der Waals surface area contributed by atoms with Gasteiger partial charge in [0.25, 0.3) is 0 Å². The minimum atomic E-state index is 0.0564. The third-order valence-electron chi connectivity index (χ3n) is 3.57. The second-order valence-electron chi connectivity index (χ2n) is 5.17. The number of carbonyl (C=O) groups is 1. The highest BCUT2D eigenvalue weighted by molar-refractivity contribution is 8.00. The van der Waals surface area contributed by atoms with Crippen molar-refractivity contribution in [3.05, 3.63) is 35.7 Å². The lowest BCUT2D eigenvalue weighted by molar-refractivity contribution is -0.113. The van der Waals surface area contributed by atoms with Gasteiger partial charge in [0.1, 0.15) is 0 Å². The molecule has 2 aromatic rings. The number of nitrogens with one attached hydrogen (secondary N) is 1. The SMILES string of the molecule is O=C(CSC1CCCC1)Nc1nc(-c2ccccc2)cs1. The van der Waals surface area contributed by atoms with E-state index in [0.717, 1.165) is 11.3 Å². The van der Waals surface area contributed by atoms with Crippen molar-refractivity contribution in [3.63, 3.8) is 0 Å². The van der Waals surface area contributed by atoms with Crippen molar-refractivity contribution in [1.29, 1.82) is 0 Å². The number of amides is 1. The maximum absolute atomic E-state index is 11.9. The maximum atomic E-state index is 11.9. The van der Waals surface area contributed by atoms with Crippen molar-refractivity contribution < 1.29 is 4.79 Å². The molecule has 1 N–H and O–H groups in total. The summed E-state index contributed by atoms with van der Waals surface area (Å²) in [7, 11) is 0. The minimum absolute atomic E-state index is 0.0564. The molecule has 1 heterocycles. The lowest BCUT2D eigenvalue weighted by Crippen LogP contribution is -2.15. The Morgan fingerprint density at radius 2 is 2.05 bits per heavy atom. The van der Waals surface area contributed by atoms with Crippen LogP contribution >= 0.6 is 23.1 Å². The van der Waals surface area contributed by atoms with Crippen LogP contribution < -0.4 is 5.32 Å². The largest absolute Gasteiger partial charge is 0.301 e. The molecule has 110 valence electrons. The van der Waals surface area contributed by atoms with Gasteiger partial charge in [0.05, 0.1) is 11.4 Å². The summed E-state index contributed by atoms with van der Waals surface area (Å²) >= 11 is 3.26. The minimum Gasteiger partial charge on any atom is -0.301 e. The second kappa shape index (κ2) is 7.09. The summed E-state index contributed by atoms with van der Waals surface area (Å²) in [6, 6.07) is 10.0. The summed E-state index contributed by atoms with van der Waals surface area (Å²) in [5, 5.41) is 6.24. The fourth-order valence-corrected chi connectivity index (χ4v) is 4.34. The predicted molar refractivity (Wildman–Crippen MR) is 90.9 cm³/mol. The van der Waals surface area contributed by atoms with E-state index < -0.39 is 0 Å². The highest BCUT2D eigenvalue weighted by Gasteiger charge is 2.17. The quantitative estimate of drug-likeness (QED) is 0.887. The van der Waals surface area contributed by atoms with Gasteiger partial charge in [0.2, 0.25) is 5.91 Å². The first kappa shape index (κ1) is 14.6. The Hall–Kier alpha value is -1.33. The van der Waals surface area contributed by atoms with Crippen LogP contribution in [0.3, 0.4) is 0 Å². The molecule has 1 amide bonds. The van der Waals surface area contributed by atoms with Crippen LogP contribution in [-0.4, -0.2) is 21.9 Å². The summed E-state index contributed by atoms with van der Waals surface area (Å²) in [6.45, 7) is 0. The third kappa shape index (κ3) is 4.08. The molecule has 0 saturated heterocycles. The van der Waals surface area contributed by atoms with E-state index in [4.69, 9.17) is 0 Å². The van der Waals surface area contributed by atoms with Crippen LogP contribution in [0.25, 0.3) is 11.3 Å². The maximum Gasteiger partial charge on any atom is 0.236 e. The van der Waals surface area contributed by atoms with Crippen LogP contribution in [0.5, 0.6) is 0 Å². The van der Waals surface area contributed by atoms with Crippen molar-refractivity contribution in [2.75, 3.05) is 11.1 Å². The first-order valence-corrected chi connectivity index (χ1v) is 9.16. The van der Waals surface area contributed by atoms with Gasteiger partial charge in [0.15, 0.2) is 5.13 Å². The van der Waals surface area contributed by atoms with E-state index in [2.05, 4.69) is 10.3 Å². The van der Waals surface area contributed by atoms with Crippen molar-refractivity contribution >= 4 is 34.1 Å². The molecule has 0 aliphatic heterocycles. The number of aromatic nitrogens is 1. The Labute approximate surface area is 133 Å². The average Bonchev–Trinajstić information content (AvgIpc) is 3.17. The van der Waals surface area contributed by atoms with Crippen molar-refractivity contribution in [3.8, 4) is 11.3 Å². The molecule has 1 aliphatic carbocycles. The Balaban J connectivity index is 1.53. The van der Waals surface area contributed by atoms with Crippen LogP contribution in [0.4, 0.5) is 5.13 Å². The zero-order valence-corrected chi connectivity index (χ0v) is 13.4. The molecule has 1 fully saturated rings. The van der Waals surface area contributed by atoms with Crippen molar-refractivity contribution in [2.45, 2.75) is 30.9 Å². The van der Waals surface area contributed by atoms with Gasteiger partial charge in [-0.3, -0.25) is 4.79 Å². The number of hydrogen-bond acceptors (Lipinski definition) is 4. The van der Waals surface area contributed by atoms with Crippen molar-refractivity contribution in [1.82, 2.24) is 4.98 Å². The Bertz CT molecular complexity index is 591. The summed E-state index contributed by atoms with van der Waals surface area (Å²) in [5.74, 6) is 0.589. The van der Waals surface area contributed by atoms with E-state index in [0.29, 0.717) is 16.1 Å². The zero-order chi connectivity index (χ0) is 14.5. The molecule has 0 spiro atoms. The van der Waals surface area contributed by atoms with E-state index in [1.807, 2.05) is 35.7 Å². The number of benzene rings is 1. The van der Waals surface area contributed by atoms with Gasteiger partial charge in [-0.05, 0) is 12.8 Å². The van der Waals surface area contributed by atoms with Crippen molar-refractivity contribution in [2.24, 2.45) is 0 Å². The smallest absolute Gasteiger partial charge is 0.236 e. The van der Waals surface area contributed by atoms with E-state index >= 15 is 0 Å². The molecule has 1 saturated carbocycles. The van der Waals surface area contributed by atoms with Crippen LogP contribution in [0.1, 0.15) is 25.7 Å². The fraction of sp³-hybridized carbons (Fsp3) is 0.375. The molecule has 3 nitrogen and oxygen atoms in total. The molecule has 0 radical (unpaired) electrons. The summed E-state index contributed by atoms with van der Waals surface area (Å²) in [6.07, 6.45) is 5.14. The predicted octanol–water partition coefficient (Wildman–Crippen LogP) is 4.42. The molecule has 21 heavy (non-hydrogen) atoms. The molecule has 1 aromatic heterocycles. The van der Waals surface area contributed by atoms with E-state index in [-0.39, 0.29) is 5.91 Å². The number of carbonyl (C=O) groups excluding carboxylic acids is 1. The van der Waals surface area contributed by atoms with Gasteiger partial charge in [-0.2, -0.15) is 0 Å². The molecule has 3 rings (SSSR count). The Morgan fingerprint density at radius 1 is 1.29 bits per heavy atom. The van der Waals surface area contributed by atoms with Gasteiger partial charge >= 0.3 is 0 Å². The van der Waals surface area contributed by atoms with Crippen LogP contribution in [0.2, 0.25) is 0 Å². The molecule has 1 aromatic carbocycles. The zero-order valence-electron chi connectivity index (χ0n) is 11.7. The lowest BCUT2D eigenvalue weighted by Gasteiger charge is -2.07. The Morgan fingerprint density at radius 3 is 2.81 bits per heavy atom. The van der Waals surface area contributed by atoms with E-state index in [1.54, 1.807) is 11.8 Å². The van der Waals surface area contributed by atoms with E-state index in [9.17, 15) is 4.79 Å². The second-order valence-corrected chi connectivity index (χ2v) is 7.32. The van der Waals surface area contributed by atoms with Gasteiger partial charge in [-0.25, -0.2) is 4.98 Å². The number of nitrogens with zero attached hydrogens (tertiary/aromatic N) is 1. The van der Waals surface area contributed by atoms with Crippen LogP contribution in [-0.2, 0) is 4.79 Å². The molecular formula is C16H18N2OS2. The average molecular weight is 318 g/mol. The van der Waals surface area contributed by atoms with Crippen LogP contribution in [0.15, 0.2) is 35.7 Å². The standard InChI is InChI=1S/C16H18N2OS2/c19-15(11-20-13-8-4-5-9-13)18-16-17-14(10-21-16)12-6-2-1-3-7-12/h1-3,6-7,10,13H,4-5,8-9,11H2,(H,17,18,19). The first-order chi connectivity index (χ1) is 10.3. The molecule has 0 unspecified atom stereocenters. The number of thiazole rings is 1. The fourth-order valence-electron chi connectivity index (χ4n) is 2.48. The third-order valence-corrected chi connectivity index (χ3v) is 5.70. The number of rotatable bonds is 5. The number of thioether (sulfide) groups is 1. The lowest BCUT2D eigenvalue weighted by atomic mass is 10.2. The molecular weight excluding hydrogens is 300 g/mol. The van der Waals surface area contributed by atoms with Gasteiger partial charge < -0.3 is 5.32 Å². The first-order valence-electron chi connectivity index (χ1n) is 7.23. The van der Waals surface area contributed by atoms with Gasteiger partial charge in [-0.15, -0.1) is 23.1 Å². The molecule has 1 aliphatic rings. The topological polar surface area (TPSA) is 42.0 Å². The highest BCUT2D eigenvalue weighted by atomic mass is 32.2. The highest BCUT2D eigenvalue weighted by Crippen LogP contribution is 2.29.